The summed E-state index contributed by atoms with van der Waals surface area (Å²) in [6.45, 7) is 26.8. The molecule has 0 aromatic rings. The highest BCUT2D eigenvalue weighted by Crippen LogP contribution is 2.66. The molecule has 1 heterocycles. The van der Waals surface area contributed by atoms with Gasteiger partial charge in [-0.1, -0.05) is 105 Å². The number of rotatable bonds is 13. The molecule has 2 amide bonds. The molecule has 0 aromatic heterocycles. The number of carbonyl (C=O) groups excluding carboxylic acids is 2. The molecule has 5 nitrogen and oxygen atoms in total. The zero-order valence-electron chi connectivity index (χ0n) is 28.1. The predicted molar refractivity (Wildman–Crippen MR) is 175 cm³/mol. The SMILES string of the molecule is C=C(C)C(=C)C(CC1CCC1)N/C(=C/C)C1C2C(CN1C(=O)C(NC(=O)C(C(C)C)C(C)C)C1CCCCC1)C2(C)C. The van der Waals surface area contributed by atoms with Gasteiger partial charge >= 0.3 is 0 Å². The molecule has 1 aliphatic heterocycles. The molecule has 5 unspecified atom stereocenters. The van der Waals surface area contributed by atoms with E-state index in [1.165, 1.54) is 25.7 Å². The van der Waals surface area contributed by atoms with Crippen molar-refractivity contribution in [3.05, 3.63) is 36.1 Å². The minimum atomic E-state index is -0.449. The zero-order chi connectivity index (χ0) is 30.9. The Balaban J connectivity index is 1.62. The third kappa shape index (κ3) is 6.70. The van der Waals surface area contributed by atoms with Crippen molar-refractivity contribution in [1.82, 2.24) is 15.5 Å². The van der Waals surface area contributed by atoms with Crippen LogP contribution in [0.2, 0.25) is 0 Å². The van der Waals surface area contributed by atoms with Gasteiger partial charge in [0.2, 0.25) is 11.8 Å². The van der Waals surface area contributed by atoms with E-state index < -0.39 is 6.04 Å². The molecule has 5 atom stereocenters. The van der Waals surface area contributed by atoms with Crippen LogP contribution in [0.15, 0.2) is 36.1 Å². The quantitative estimate of drug-likeness (QED) is 0.220. The maximum Gasteiger partial charge on any atom is 0.246 e. The maximum atomic E-state index is 14.7. The maximum absolute atomic E-state index is 14.7. The number of likely N-dealkylation sites (tertiary alicyclic amines) is 1. The number of nitrogens with zero attached hydrogens (tertiary/aromatic N) is 1. The summed E-state index contributed by atoms with van der Waals surface area (Å²) >= 11 is 0. The van der Waals surface area contributed by atoms with Crippen molar-refractivity contribution in [1.29, 1.82) is 0 Å². The summed E-state index contributed by atoms with van der Waals surface area (Å²) in [5.41, 5.74) is 3.45. The summed E-state index contributed by atoms with van der Waals surface area (Å²) < 4.78 is 0. The van der Waals surface area contributed by atoms with Crippen molar-refractivity contribution >= 4 is 11.8 Å². The van der Waals surface area contributed by atoms with Gasteiger partial charge in [0, 0.05) is 18.2 Å². The molecule has 3 saturated carbocycles. The Hall–Kier alpha value is -2.04. The minimum Gasteiger partial charge on any atom is -0.380 e. The fourth-order valence-corrected chi connectivity index (χ4v) is 8.71. The van der Waals surface area contributed by atoms with Gasteiger partial charge < -0.3 is 15.5 Å². The molecule has 236 valence electrons. The van der Waals surface area contributed by atoms with Crippen LogP contribution in [0.4, 0.5) is 0 Å². The average molecular weight is 580 g/mol. The van der Waals surface area contributed by atoms with Crippen molar-refractivity contribution in [2.45, 2.75) is 131 Å². The van der Waals surface area contributed by atoms with E-state index in [0.29, 0.717) is 11.8 Å². The van der Waals surface area contributed by atoms with Crippen LogP contribution in [-0.2, 0) is 9.59 Å². The first kappa shape index (κ1) is 32.9. The van der Waals surface area contributed by atoms with Gasteiger partial charge in [0.05, 0.1) is 12.1 Å². The summed E-state index contributed by atoms with van der Waals surface area (Å²) in [6, 6.07) is -0.322. The molecule has 4 aliphatic rings. The number of fused-ring (bicyclic) bond motifs is 1. The van der Waals surface area contributed by atoms with Crippen LogP contribution in [0.5, 0.6) is 0 Å². The molecule has 0 radical (unpaired) electrons. The molecule has 5 heteroatoms. The Bertz CT molecular complexity index is 1040. The lowest BCUT2D eigenvalue weighted by Crippen LogP contribution is -2.57. The molecule has 0 spiro atoms. The number of carbonyl (C=O) groups is 2. The Morgan fingerprint density at radius 1 is 0.952 bits per heavy atom. The third-order valence-corrected chi connectivity index (χ3v) is 11.6. The first-order chi connectivity index (χ1) is 19.8. The van der Waals surface area contributed by atoms with Crippen LogP contribution >= 0.6 is 0 Å². The molecule has 3 aliphatic carbocycles. The van der Waals surface area contributed by atoms with E-state index in [9.17, 15) is 9.59 Å². The highest BCUT2D eigenvalue weighted by Gasteiger charge is 2.68. The van der Waals surface area contributed by atoms with Crippen LogP contribution in [0.25, 0.3) is 0 Å². The molecule has 4 rings (SSSR count). The largest absolute Gasteiger partial charge is 0.380 e. The summed E-state index contributed by atoms with van der Waals surface area (Å²) in [7, 11) is 0. The first-order valence-electron chi connectivity index (χ1n) is 17.2. The van der Waals surface area contributed by atoms with Gasteiger partial charge in [0.25, 0.3) is 0 Å². The molecular weight excluding hydrogens is 518 g/mol. The number of hydrogen-bond acceptors (Lipinski definition) is 3. The monoisotopic (exact) mass is 579 g/mol. The van der Waals surface area contributed by atoms with Crippen LogP contribution < -0.4 is 10.6 Å². The average Bonchev–Trinajstić information content (AvgIpc) is 3.22. The van der Waals surface area contributed by atoms with Gasteiger partial charge in [0.1, 0.15) is 6.04 Å². The molecule has 42 heavy (non-hydrogen) atoms. The molecular formula is C37H61N3O2. The van der Waals surface area contributed by atoms with Gasteiger partial charge in [-0.25, -0.2) is 0 Å². The second-order valence-corrected chi connectivity index (χ2v) is 15.6. The van der Waals surface area contributed by atoms with Gasteiger partial charge in [-0.15, -0.1) is 0 Å². The van der Waals surface area contributed by atoms with E-state index in [1.807, 2.05) is 0 Å². The van der Waals surface area contributed by atoms with Crippen LogP contribution in [0.1, 0.15) is 113 Å². The fourth-order valence-electron chi connectivity index (χ4n) is 8.71. The zero-order valence-corrected chi connectivity index (χ0v) is 28.1. The Kier molecular flexibility index (Phi) is 10.4. The number of nitrogens with one attached hydrogen (secondary N) is 2. The Morgan fingerprint density at radius 2 is 1.57 bits per heavy atom. The van der Waals surface area contributed by atoms with E-state index in [-0.39, 0.29) is 53.0 Å². The molecule has 4 fully saturated rings. The fraction of sp³-hybridized carbons (Fsp3) is 0.784. The highest BCUT2D eigenvalue weighted by atomic mass is 16.2. The topological polar surface area (TPSA) is 61.4 Å². The second-order valence-electron chi connectivity index (χ2n) is 15.6. The molecule has 2 N–H and O–H groups in total. The smallest absolute Gasteiger partial charge is 0.246 e. The number of piperidine rings is 1. The Labute approximate surface area is 257 Å². The summed E-state index contributed by atoms with van der Waals surface area (Å²) in [5.74, 6) is 2.38. The van der Waals surface area contributed by atoms with Crippen LogP contribution in [0.3, 0.4) is 0 Å². The third-order valence-electron chi connectivity index (χ3n) is 11.6. The van der Waals surface area contributed by atoms with Crippen molar-refractivity contribution < 1.29 is 9.59 Å². The van der Waals surface area contributed by atoms with Crippen LogP contribution in [-0.4, -0.2) is 41.4 Å². The second kappa shape index (κ2) is 13.3. The lowest BCUT2D eigenvalue weighted by atomic mass is 9.79. The normalized spacial score (nSPS) is 27.5. The molecule has 0 aromatic carbocycles. The van der Waals surface area contributed by atoms with Crippen molar-refractivity contribution in [3.63, 3.8) is 0 Å². The van der Waals surface area contributed by atoms with E-state index in [4.69, 9.17) is 0 Å². The van der Waals surface area contributed by atoms with E-state index >= 15 is 0 Å². The van der Waals surface area contributed by atoms with Gasteiger partial charge in [-0.3, -0.25) is 9.59 Å². The van der Waals surface area contributed by atoms with Crippen molar-refractivity contribution in [2.24, 2.45) is 46.8 Å². The summed E-state index contributed by atoms with van der Waals surface area (Å²) in [6.07, 6.45) is 12.7. The van der Waals surface area contributed by atoms with E-state index in [1.54, 1.807) is 0 Å². The lowest BCUT2D eigenvalue weighted by molar-refractivity contribution is -0.141. The number of hydrogen-bond donors (Lipinski definition) is 2. The standard InChI is InChI=1S/C37H61N3O2/c1-11-29(38-30(25(8)22(2)3)20-26-16-15-17-26)34-32-28(37(32,9)10)21-40(34)36(42)33(27-18-13-12-14-19-27)39-35(41)31(23(4)5)24(6)7/h11,23-24,26-28,30-34,38H,2,8,12-21H2,1,3-7,9-10H3,(H,39,41)/b29-11+. The van der Waals surface area contributed by atoms with Gasteiger partial charge in [0.15, 0.2) is 0 Å². The number of amides is 2. The van der Waals surface area contributed by atoms with E-state index in [0.717, 1.165) is 61.4 Å². The lowest BCUT2D eigenvalue weighted by Gasteiger charge is -2.40. The van der Waals surface area contributed by atoms with Crippen molar-refractivity contribution in [2.75, 3.05) is 6.54 Å². The molecule has 1 saturated heterocycles. The summed E-state index contributed by atoms with van der Waals surface area (Å²) in [4.78, 5) is 30.6. The minimum absolute atomic E-state index is 0.00157. The van der Waals surface area contributed by atoms with E-state index in [2.05, 4.69) is 90.2 Å². The van der Waals surface area contributed by atoms with Gasteiger partial charge in [-0.05, 0) is 79.6 Å². The molecule has 0 bridgehead atoms. The van der Waals surface area contributed by atoms with Crippen LogP contribution in [0, 0.1) is 46.8 Å². The van der Waals surface area contributed by atoms with Crippen molar-refractivity contribution in [3.8, 4) is 0 Å². The highest BCUT2D eigenvalue weighted by molar-refractivity contribution is 5.89. The number of allylic oxidation sites excluding steroid dienone is 1. The van der Waals surface area contributed by atoms with Gasteiger partial charge in [-0.2, -0.15) is 0 Å². The first-order valence-corrected chi connectivity index (χ1v) is 17.2. The summed E-state index contributed by atoms with van der Waals surface area (Å²) in [5, 5.41) is 7.31. The predicted octanol–water partition coefficient (Wildman–Crippen LogP) is 7.65. The Morgan fingerprint density at radius 3 is 2.07 bits per heavy atom.